The second kappa shape index (κ2) is 8.26. The Kier molecular flexibility index (Phi) is 5.54. The van der Waals surface area contributed by atoms with Crippen molar-refractivity contribution in [3.63, 3.8) is 0 Å². The molecule has 0 amide bonds. The van der Waals surface area contributed by atoms with Gasteiger partial charge in [-0.1, -0.05) is 35.9 Å². The summed E-state index contributed by atoms with van der Waals surface area (Å²) < 4.78 is 5.36. The average Bonchev–Trinajstić information content (AvgIpc) is 2.71. The number of aromatic nitrogens is 1. The SMILES string of the molecule is CCOC(=O)/C1=C(\c2ccc(Cl)cc2)c2c([nH]c3ccccc3c2=O)CCCC1. The van der Waals surface area contributed by atoms with E-state index in [-0.39, 0.29) is 18.0 Å². The van der Waals surface area contributed by atoms with E-state index in [4.69, 9.17) is 16.3 Å². The smallest absolute Gasteiger partial charge is 0.334 e. The summed E-state index contributed by atoms with van der Waals surface area (Å²) in [6.45, 7) is 2.08. The number of fused-ring (bicyclic) bond motifs is 2. The van der Waals surface area contributed by atoms with E-state index in [0.717, 1.165) is 36.0 Å². The first-order chi connectivity index (χ1) is 14.1. The number of aromatic amines is 1. The van der Waals surface area contributed by atoms with Gasteiger partial charge >= 0.3 is 5.97 Å². The van der Waals surface area contributed by atoms with E-state index in [9.17, 15) is 9.59 Å². The summed E-state index contributed by atoms with van der Waals surface area (Å²) in [5.74, 6) is -0.363. The zero-order chi connectivity index (χ0) is 20.4. The molecule has 2 aromatic carbocycles. The van der Waals surface area contributed by atoms with Crippen molar-refractivity contribution < 1.29 is 9.53 Å². The van der Waals surface area contributed by atoms with Gasteiger partial charge in [0.1, 0.15) is 0 Å². The van der Waals surface area contributed by atoms with Crippen LogP contribution in [-0.4, -0.2) is 17.6 Å². The molecule has 1 N–H and O–H groups in total. The number of benzene rings is 2. The third-order valence-corrected chi connectivity index (χ3v) is 5.55. The Hall–Kier alpha value is -2.85. The fourth-order valence-corrected chi connectivity index (χ4v) is 4.10. The summed E-state index contributed by atoms with van der Waals surface area (Å²) >= 11 is 6.09. The topological polar surface area (TPSA) is 59.2 Å². The Balaban J connectivity index is 2.09. The molecule has 4 rings (SSSR count). The minimum Gasteiger partial charge on any atom is -0.463 e. The lowest BCUT2D eigenvalue weighted by Crippen LogP contribution is -2.20. The van der Waals surface area contributed by atoms with E-state index in [1.807, 2.05) is 36.4 Å². The van der Waals surface area contributed by atoms with E-state index in [1.54, 1.807) is 19.1 Å². The normalized spacial score (nSPS) is 16.8. The number of hydrogen-bond acceptors (Lipinski definition) is 3. The first-order valence-electron chi connectivity index (χ1n) is 9.90. The fourth-order valence-electron chi connectivity index (χ4n) is 3.98. The van der Waals surface area contributed by atoms with Crippen LogP contribution in [0.15, 0.2) is 58.9 Å². The number of H-pyrrole nitrogens is 1. The summed E-state index contributed by atoms with van der Waals surface area (Å²) in [7, 11) is 0. The van der Waals surface area contributed by atoms with Gasteiger partial charge in [-0.3, -0.25) is 4.79 Å². The molecule has 3 aromatic rings. The number of hydrogen-bond donors (Lipinski definition) is 1. The summed E-state index contributed by atoms with van der Waals surface area (Å²) in [5, 5.41) is 1.21. The second-order valence-electron chi connectivity index (χ2n) is 7.14. The lowest BCUT2D eigenvalue weighted by molar-refractivity contribution is -0.138. The van der Waals surface area contributed by atoms with Crippen LogP contribution in [0.5, 0.6) is 0 Å². The minimum atomic E-state index is -0.363. The summed E-state index contributed by atoms with van der Waals surface area (Å²) in [4.78, 5) is 29.9. The van der Waals surface area contributed by atoms with Crippen LogP contribution in [0.1, 0.15) is 43.0 Å². The lowest BCUT2D eigenvalue weighted by Gasteiger charge is -2.21. The van der Waals surface area contributed by atoms with Crippen molar-refractivity contribution in [2.75, 3.05) is 6.61 Å². The largest absolute Gasteiger partial charge is 0.463 e. The Labute approximate surface area is 174 Å². The molecule has 0 saturated heterocycles. The predicted molar refractivity (Wildman–Crippen MR) is 116 cm³/mol. The molecule has 29 heavy (non-hydrogen) atoms. The lowest BCUT2D eigenvalue weighted by atomic mass is 9.85. The molecule has 0 unspecified atom stereocenters. The van der Waals surface area contributed by atoms with Gasteiger partial charge in [-0.2, -0.15) is 0 Å². The second-order valence-corrected chi connectivity index (χ2v) is 7.58. The van der Waals surface area contributed by atoms with Gasteiger partial charge in [-0.25, -0.2) is 4.79 Å². The zero-order valence-corrected chi connectivity index (χ0v) is 17.0. The Bertz CT molecular complexity index is 1160. The first kappa shape index (κ1) is 19.5. The molecule has 1 aromatic heterocycles. The molecule has 1 heterocycles. The summed E-state index contributed by atoms with van der Waals surface area (Å²) in [6.07, 6.45) is 3.06. The van der Waals surface area contributed by atoms with Crippen molar-refractivity contribution in [3.8, 4) is 0 Å². The molecule has 1 aliphatic rings. The number of pyridine rings is 1. The predicted octanol–water partition coefficient (Wildman–Crippen LogP) is 5.27. The van der Waals surface area contributed by atoms with Gasteiger partial charge in [0.05, 0.1) is 12.2 Å². The highest BCUT2D eigenvalue weighted by atomic mass is 35.5. The number of carbonyl (C=O) groups excluding carboxylic acids is 1. The molecule has 0 spiro atoms. The Morgan fingerprint density at radius 3 is 2.55 bits per heavy atom. The van der Waals surface area contributed by atoms with E-state index in [1.165, 1.54) is 0 Å². The van der Waals surface area contributed by atoms with Gasteiger partial charge < -0.3 is 9.72 Å². The van der Waals surface area contributed by atoms with Gasteiger partial charge in [0.15, 0.2) is 5.43 Å². The average molecular weight is 408 g/mol. The van der Waals surface area contributed by atoms with Crippen molar-refractivity contribution in [1.82, 2.24) is 4.98 Å². The van der Waals surface area contributed by atoms with Crippen LogP contribution in [-0.2, 0) is 16.0 Å². The fraction of sp³-hybridized carbons (Fsp3) is 0.250. The van der Waals surface area contributed by atoms with Gasteiger partial charge in [0, 0.05) is 32.8 Å². The van der Waals surface area contributed by atoms with E-state index in [0.29, 0.717) is 33.5 Å². The van der Waals surface area contributed by atoms with Crippen molar-refractivity contribution in [1.29, 1.82) is 0 Å². The van der Waals surface area contributed by atoms with Crippen LogP contribution in [0.3, 0.4) is 0 Å². The van der Waals surface area contributed by atoms with Crippen molar-refractivity contribution in [2.24, 2.45) is 0 Å². The third kappa shape index (κ3) is 3.73. The Morgan fingerprint density at radius 1 is 1.07 bits per heavy atom. The number of rotatable bonds is 3. The number of carbonyl (C=O) groups is 1. The number of ether oxygens (including phenoxy) is 1. The maximum atomic E-state index is 13.6. The van der Waals surface area contributed by atoms with Gasteiger partial charge in [-0.05, 0) is 62.4 Å². The van der Waals surface area contributed by atoms with Crippen LogP contribution in [0.4, 0.5) is 0 Å². The van der Waals surface area contributed by atoms with Gasteiger partial charge in [0.25, 0.3) is 0 Å². The first-order valence-corrected chi connectivity index (χ1v) is 10.3. The highest BCUT2D eigenvalue weighted by molar-refractivity contribution is 6.30. The van der Waals surface area contributed by atoms with E-state index in [2.05, 4.69) is 4.98 Å². The molecule has 0 bridgehead atoms. The molecular formula is C24H22ClNO3. The number of esters is 1. The third-order valence-electron chi connectivity index (χ3n) is 5.30. The molecular weight excluding hydrogens is 386 g/mol. The van der Waals surface area contributed by atoms with Gasteiger partial charge in [0.2, 0.25) is 0 Å². The van der Waals surface area contributed by atoms with Crippen LogP contribution in [0, 0.1) is 0 Å². The van der Waals surface area contributed by atoms with E-state index < -0.39 is 0 Å². The number of halogens is 1. The molecule has 0 radical (unpaired) electrons. The highest BCUT2D eigenvalue weighted by Crippen LogP contribution is 2.34. The van der Waals surface area contributed by atoms with Gasteiger partial charge in [-0.15, -0.1) is 0 Å². The minimum absolute atomic E-state index is 0.0667. The summed E-state index contributed by atoms with van der Waals surface area (Å²) in [6, 6.07) is 14.8. The molecule has 148 valence electrons. The molecule has 0 atom stereocenters. The maximum Gasteiger partial charge on any atom is 0.334 e. The molecule has 0 saturated carbocycles. The van der Waals surface area contributed by atoms with Crippen LogP contribution >= 0.6 is 11.6 Å². The Morgan fingerprint density at radius 2 is 1.79 bits per heavy atom. The molecule has 0 fully saturated rings. The maximum absolute atomic E-state index is 13.6. The highest BCUT2D eigenvalue weighted by Gasteiger charge is 2.26. The monoisotopic (exact) mass is 407 g/mol. The molecule has 5 heteroatoms. The standard InChI is InChI=1S/C24H22ClNO3/c1-2-29-24(28)18-8-4-6-10-20-22(21(18)15-11-13-16(25)14-12-15)23(27)17-7-3-5-9-19(17)26-20/h3,5,7,9,11-14H,2,4,6,8,10H2,1H3,(H,26,27)/b21-18+. The molecule has 4 nitrogen and oxygen atoms in total. The van der Waals surface area contributed by atoms with Crippen LogP contribution in [0.25, 0.3) is 16.5 Å². The van der Waals surface area contributed by atoms with E-state index >= 15 is 0 Å². The van der Waals surface area contributed by atoms with Crippen molar-refractivity contribution >= 4 is 34.0 Å². The van der Waals surface area contributed by atoms with Crippen molar-refractivity contribution in [2.45, 2.75) is 32.6 Å². The van der Waals surface area contributed by atoms with Crippen LogP contribution < -0.4 is 5.43 Å². The molecule has 1 aliphatic carbocycles. The number of para-hydroxylation sites is 1. The molecule has 0 aliphatic heterocycles. The van der Waals surface area contributed by atoms with Crippen LogP contribution in [0.2, 0.25) is 5.02 Å². The number of aryl methyl sites for hydroxylation is 1. The van der Waals surface area contributed by atoms with Crippen molar-refractivity contribution in [3.05, 3.63) is 86.2 Å². The summed E-state index contributed by atoms with van der Waals surface area (Å²) in [5.41, 5.74) is 4.17. The quantitative estimate of drug-likeness (QED) is 0.601. The number of nitrogens with one attached hydrogen (secondary N) is 1. The zero-order valence-electron chi connectivity index (χ0n) is 16.3.